The molecule has 0 radical (unpaired) electrons. The molecule has 0 aromatic heterocycles. The summed E-state index contributed by atoms with van der Waals surface area (Å²) in [5, 5.41) is 4.06. The number of nitrogens with zero attached hydrogens (tertiary/aromatic N) is 1. The normalized spacial score (nSPS) is 10.6. The Bertz CT molecular complexity index is 987. The van der Waals surface area contributed by atoms with Crippen molar-refractivity contribution < 1.29 is 19.0 Å². The first-order valence-corrected chi connectivity index (χ1v) is 9.02. The number of amides is 1. The van der Waals surface area contributed by atoms with E-state index in [1.807, 2.05) is 54.6 Å². The number of hydrogen-bond acceptors (Lipinski definition) is 5. The molecular formula is C23H22N2O4. The molecule has 0 spiro atoms. The van der Waals surface area contributed by atoms with E-state index in [1.54, 1.807) is 31.5 Å². The average molecular weight is 390 g/mol. The van der Waals surface area contributed by atoms with Gasteiger partial charge in [-0.2, -0.15) is 5.10 Å². The quantitative estimate of drug-likeness (QED) is 0.465. The van der Waals surface area contributed by atoms with Crippen LogP contribution in [0.3, 0.4) is 0 Å². The molecule has 1 N–H and O–H groups in total. The van der Waals surface area contributed by atoms with Crippen LogP contribution in [0.5, 0.6) is 17.2 Å². The molecule has 0 atom stereocenters. The zero-order valence-electron chi connectivity index (χ0n) is 16.3. The largest absolute Gasteiger partial charge is 0.493 e. The van der Waals surface area contributed by atoms with Crippen molar-refractivity contribution in [1.29, 1.82) is 0 Å². The van der Waals surface area contributed by atoms with Crippen molar-refractivity contribution in [2.45, 2.75) is 6.61 Å². The second-order valence-corrected chi connectivity index (χ2v) is 6.08. The lowest BCUT2D eigenvalue weighted by molar-refractivity contribution is 0.0954. The van der Waals surface area contributed by atoms with Gasteiger partial charge < -0.3 is 14.2 Å². The first-order valence-electron chi connectivity index (χ1n) is 9.02. The fourth-order valence-electron chi connectivity index (χ4n) is 2.66. The van der Waals surface area contributed by atoms with Gasteiger partial charge in [0.25, 0.3) is 5.91 Å². The summed E-state index contributed by atoms with van der Waals surface area (Å²) >= 11 is 0. The Hall–Kier alpha value is -3.80. The number of hydrogen-bond donors (Lipinski definition) is 1. The minimum Gasteiger partial charge on any atom is -0.493 e. The van der Waals surface area contributed by atoms with Gasteiger partial charge in [-0.3, -0.25) is 4.79 Å². The highest BCUT2D eigenvalue weighted by molar-refractivity contribution is 5.95. The summed E-state index contributed by atoms with van der Waals surface area (Å²) in [5.74, 6) is 1.35. The van der Waals surface area contributed by atoms with E-state index >= 15 is 0 Å². The van der Waals surface area contributed by atoms with Crippen LogP contribution in [0.1, 0.15) is 21.5 Å². The van der Waals surface area contributed by atoms with Crippen LogP contribution in [-0.2, 0) is 6.61 Å². The van der Waals surface area contributed by atoms with Crippen molar-refractivity contribution in [2.24, 2.45) is 5.10 Å². The Morgan fingerprint density at radius 2 is 1.62 bits per heavy atom. The topological polar surface area (TPSA) is 69.2 Å². The predicted molar refractivity (Wildman–Crippen MR) is 112 cm³/mol. The van der Waals surface area contributed by atoms with E-state index in [2.05, 4.69) is 10.5 Å². The summed E-state index contributed by atoms with van der Waals surface area (Å²) in [4.78, 5) is 12.3. The molecule has 0 aliphatic heterocycles. The van der Waals surface area contributed by atoms with Crippen LogP contribution >= 0.6 is 0 Å². The SMILES string of the molecule is COc1ccc(C(=O)NN=Cc2ccccc2OCc2ccccc2)cc1OC. The molecule has 0 saturated carbocycles. The summed E-state index contributed by atoms with van der Waals surface area (Å²) in [7, 11) is 3.06. The number of carbonyl (C=O) groups is 1. The number of methoxy groups -OCH3 is 2. The number of ether oxygens (including phenoxy) is 3. The third-order valence-electron chi connectivity index (χ3n) is 4.17. The van der Waals surface area contributed by atoms with E-state index in [1.165, 1.54) is 7.11 Å². The highest BCUT2D eigenvalue weighted by Gasteiger charge is 2.10. The Balaban J connectivity index is 1.65. The summed E-state index contributed by atoms with van der Waals surface area (Å²) in [6, 6.07) is 22.3. The maximum Gasteiger partial charge on any atom is 0.271 e. The lowest BCUT2D eigenvalue weighted by atomic mass is 10.2. The molecule has 0 unspecified atom stereocenters. The fourth-order valence-corrected chi connectivity index (χ4v) is 2.66. The van der Waals surface area contributed by atoms with Crippen LogP contribution in [0.15, 0.2) is 77.9 Å². The highest BCUT2D eigenvalue weighted by atomic mass is 16.5. The Kier molecular flexibility index (Phi) is 6.84. The molecular weight excluding hydrogens is 368 g/mol. The van der Waals surface area contributed by atoms with E-state index in [0.717, 1.165) is 11.1 Å². The molecule has 6 heteroatoms. The van der Waals surface area contributed by atoms with E-state index in [9.17, 15) is 4.79 Å². The van der Waals surface area contributed by atoms with Gasteiger partial charge in [0, 0.05) is 11.1 Å². The maximum atomic E-state index is 12.3. The summed E-state index contributed by atoms with van der Waals surface area (Å²) in [6.45, 7) is 0.448. The molecule has 0 saturated heterocycles. The first-order chi connectivity index (χ1) is 14.2. The second kappa shape index (κ2) is 9.94. The van der Waals surface area contributed by atoms with Crippen molar-refractivity contribution in [3.8, 4) is 17.2 Å². The molecule has 0 aliphatic carbocycles. The molecule has 3 rings (SSSR count). The van der Waals surface area contributed by atoms with Crippen molar-refractivity contribution in [2.75, 3.05) is 14.2 Å². The summed E-state index contributed by atoms with van der Waals surface area (Å²) in [5.41, 5.74) is 4.76. The molecule has 0 bridgehead atoms. The van der Waals surface area contributed by atoms with Gasteiger partial charge in [0.15, 0.2) is 11.5 Å². The molecule has 148 valence electrons. The van der Waals surface area contributed by atoms with Gasteiger partial charge in [-0.15, -0.1) is 0 Å². The van der Waals surface area contributed by atoms with Crippen molar-refractivity contribution in [3.05, 3.63) is 89.5 Å². The molecule has 1 amide bonds. The van der Waals surface area contributed by atoms with Gasteiger partial charge in [0.1, 0.15) is 12.4 Å². The molecule has 6 nitrogen and oxygen atoms in total. The number of benzene rings is 3. The van der Waals surface area contributed by atoms with Crippen molar-refractivity contribution in [3.63, 3.8) is 0 Å². The predicted octanol–water partition coefficient (Wildman–Crippen LogP) is 4.05. The van der Waals surface area contributed by atoms with E-state index in [0.29, 0.717) is 29.4 Å². The Morgan fingerprint density at radius 3 is 2.38 bits per heavy atom. The van der Waals surface area contributed by atoms with Crippen LogP contribution in [0, 0.1) is 0 Å². The highest BCUT2D eigenvalue weighted by Crippen LogP contribution is 2.27. The minimum atomic E-state index is -0.357. The number of rotatable bonds is 8. The Labute approximate surface area is 169 Å². The average Bonchev–Trinajstić information content (AvgIpc) is 2.78. The standard InChI is InChI=1S/C23H22N2O4/c1-27-21-13-12-18(14-22(21)28-2)23(26)25-24-15-19-10-6-7-11-20(19)29-16-17-8-4-3-5-9-17/h3-15H,16H2,1-2H3,(H,25,26). The van der Waals surface area contributed by atoms with Gasteiger partial charge in [-0.25, -0.2) is 5.43 Å². The van der Waals surface area contributed by atoms with Crippen LogP contribution < -0.4 is 19.6 Å². The van der Waals surface area contributed by atoms with E-state index in [4.69, 9.17) is 14.2 Å². The molecule has 29 heavy (non-hydrogen) atoms. The minimum absolute atomic E-state index is 0.357. The zero-order chi connectivity index (χ0) is 20.5. The molecule has 0 fully saturated rings. The van der Waals surface area contributed by atoms with Crippen LogP contribution in [0.4, 0.5) is 0 Å². The molecule has 3 aromatic carbocycles. The van der Waals surface area contributed by atoms with Crippen LogP contribution in [-0.4, -0.2) is 26.3 Å². The molecule has 0 aliphatic rings. The fraction of sp³-hybridized carbons (Fsp3) is 0.130. The van der Waals surface area contributed by atoms with Crippen molar-refractivity contribution in [1.82, 2.24) is 5.43 Å². The summed E-state index contributed by atoms with van der Waals surface area (Å²) < 4.78 is 16.3. The number of hydrazone groups is 1. The Morgan fingerprint density at radius 1 is 0.897 bits per heavy atom. The number of carbonyl (C=O) groups excluding carboxylic acids is 1. The number of para-hydroxylation sites is 1. The number of nitrogens with one attached hydrogen (secondary N) is 1. The van der Waals surface area contributed by atoms with E-state index in [-0.39, 0.29) is 5.91 Å². The molecule has 3 aromatic rings. The smallest absolute Gasteiger partial charge is 0.271 e. The third-order valence-corrected chi connectivity index (χ3v) is 4.17. The zero-order valence-corrected chi connectivity index (χ0v) is 16.3. The van der Waals surface area contributed by atoms with E-state index < -0.39 is 0 Å². The van der Waals surface area contributed by atoms with Crippen LogP contribution in [0.25, 0.3) is 0 Å². The van der Waals surface area contributed by atoms with Crippen molar-refractivity contribution >= 4 is 12.1 Å². The monoisotopic (exact) mass is 390 g/mol. The first kappa shape index (κ1) is 19.9. The van der Waals surface area contributed by atoms with Gasteiger partial charge in [-0.1, -0.05) is 42.5 Å². The van der Waals surface area contributed by atoms with Gasteiger partial charge in [0.05, 0.1) is 20.4 Å². The summed E-state index contributed by atoms with van der Waals surface area (Å²) in [6.07, 6.45) is 1.55. The van der Waals surface area contributed by atoms with Crippen LogP contribution in [0.2, 0.25) is 0 Å². The molecule has 0 heterocycles. The lowest BCUT2D eigenvalue weighted by Gasteiger charge is -2.09. The maximum absolute atomic E-state index is 12.3. The van der Waals surface area contributed by atoms with Gasteiger partial charge >= 0.3 is 0 Å². The second-order valence-electron chi connectivity index (χ2n) is 6.08. The third kappa shape index (κ3) is 5.35. The van der Waals surface area contributed by atoms with Gasteiger partial charge in [0.2, 0.25) is 0 Å². The van der Waals surface area contributed by atoms with Gasteiger partial charge in [-0.05, 0) is 35.9 Å². The lowest BCUT2D eigenvalue weighted by Crippen LogP contribution is -2.17.